The maximum absolute atomic E-state index is 8.00. The molecule has 0 fully saturated rings. The Labute approximate surface area is 254 Å². The maximum atomic E-state index is 8.00. The van der Waals surface area contributed by atoms with Crippen LogP contribution in [0.4, 0.5) is 5.82 Å². The van der Waals surface area contributed by atoms with Gasteiger partial charge in [-0.15, -0.1) is 0 Å². The third-order valence-electron chi connectivity index (χ3n) is 6.15. The van der Waals surface area contributed by atoms with Crippen LogP contribution in [0.15, 0.2) is 91.4 Å². The highest BCUT2D eigenvalue weighted by atomic mass is 35.5. The van der Waals surface area contributed by atoms with E-state index in [4.69, 9.17) is 26.5 Å². The van der Waals surface area contributed by atoms with Gasteiger partial charge in [-0.05, 0) is 75.0 Å². The molecule has 5 rings (SSSR count). The molecule has 0 aliphatic carbocycles. The number of carbonyl (C=O) groups is 1. The third-order valence-corrected chi connectivity index (χ3v) is 6.42. The third kappa shape index (κ3) is 9.45. The molecular formula is C34H40ClN5O2. The van der Waals surface area contributed by atoms with Crippen LogP contribution >= 0.6 is 11.6 Å². The number of carbonyl (C=O) groups excluding carboxylic acids is 1. The second-order valence-corrected chi connectivity index (χ2v) is 10.5. The summed E-state index contributed by atoms with van der Waals surface area (Å²) < 4.78 is 0. The maximum Gasteiger partial charge on any atom is 0.140 e. The van der Waals surface area contributed by atoms with Gasteiger partial charge in [0.25, 0.3) is 0 Å². The lowest BCUT2D eigenvalue weighted by atomic mass is 9.94. The summed E-state index contributed by atoms with van der Waals surface area (Å²) in [5.74, 6) is 0.736. The fourth-order valence-corrected chi connectivity index (χ4v) is 4.26. The molecule has 0 unspecified atom stereocenters. The topological polar surface area (TPSA) is 100 Å². The number of nitrogens with one attached hydrogen (secondary N) is 2. The number of hydrogen-bond acceptors (Lipinski definition) is 7. The smallest absolute Gasteiger partial charge is 0.140 e. The molecular weight excluding hydrogens is 546 g/mol. The summed E-state index contributed by atoms with van der Waals surface area (Å²) in [6.07, 6.45) is 5.47. The number of rotatable bonds is 5. The van der Waals surface area contributed by atoms with Crippen molar-refractivity contribution in [2.45, 2.75) is 39.8 Å². The van der Waals surface area contributed by atoms with Crippen LogP contribution in [0.1, 0.15) is 32.0 Å². The number of hydrogen-bond donors (Lipinski definition) is 3. The molecule has 0 atom stereocenters. The molecule has 7 nitrogen and oxygen atoms in total. The molecule has 2 aromatic carbocycles. The lowest BCUT2D eigenvalue weighted by Gasteiger charge is -2.17. The van der Waals surface area contributed by atoms with Crippen molar-refractivity contribution in [1.29, 1.82) is 0 Å². The van der Waals surface area contributed by atoms with Crippen molar-refractivity contribution in [3.05, 3.63) is 108 Å². The molecule has 220 valence electrons. The van der Waals surface area contributed by atoms with Gasteiger partial charge in [-0.1, -0.05) is 66.2 Å². The van der Waals surface area contributed by atoms with Gasteiger partial charge in [-0.3, -0.25) is 9.97 Å². The average molecular weight is 586 g/mol. The van der Waals surface area contributed by atoms with Crippen molar-refractivity contribution in [3.63, 3.8) is 0 Å². The van der Waals surface area contributed by atoms with E-state index in [0.29, 0.717) is 17.2 Å². The van der Waals surface area contributed by atoms with Crippen LogP contribution in [0.3, 0.4) is 0 Å². The van der Waals surface area contributed by atoms with Crippen molar-refractivity contribution < 1.29 is 9.90 Å². The lowest BCUT2D eigenvalue weighted by molar-refractivity contribution is -0.0980. The van der Waals surface area contributed by atoms with Gasteiger partial charge >= 0.3 is 0 Å². The molecule has 8 heteroatoms. The minimum absolute atomic E-state index is 0.292. The summed E-state index contributed by atoms with van der Waals surface area (Å²) in [6, 6.07) is 24.6. The van der Waals surface area contributed by atoms with E-state index in [2.05, 4.69) is 77.8 Å². The van der Waals surface area contributed by atoms with Gasteiger partial charge in [0.15, 0.2) is 0 Å². The van der Waals surface area contributed by atoms with Crippen molar-refractivity contribution in [2.24, 2.45) is 0 Å². The monoisotopic (exact) mass is 585 g/mol. The first-order valence-corrected chi connectivity index (χ1v) is 13.8. The van der Waals surface area contributed by atoms with Crippen LogP contribution in [0.5, 0.6) is 0 Å². The highest BCUT2D eigenvalue weighted by Crippen LogP contribution is 2.41. The number of fused-ring (bicyclic) bond motifs is 1. The fraction of sp³-hybridized carbons (Fsp3) is 0.235. The number of aromatic nitrogens is 3. The molecule has 0 aliphatic heterocycles. The van der Waals surface area contributed by atoms with E-state index in [0.717, 1.165) is 57.2 Å². The molecule has 42 heavy (non-hydrogen) atoms. The number of nitrogens with zero attached hydrogens (tertiary/aromatic N) is 3. The van der Waals surface area contributed by atoms with Crippen molar-refractivity contribution in [3.8, 4) is 22.3 Å². The van der Waals surface area contributed by atoms with Gasteiger partial charge in [-0.2, -0.15) is 0 Å². The molecule has 0 saturated heterocycles. The summed E-state index contributed by atoms with van der Waals surface area (Å²) in [5.41, 5.74) is 6.35. The zero-order chi connectivity index (χ0) is 31.1. The number of aliphatic hydroxyl groups is 1. The Hall–Kier alpha value is -4.17. The molecule has 3 aromatic heterocycles. The van der Waals surface area contributed by atoms with Gasteiger partial charge in [-0.25, -0.2) is 4.98 Å². The van der Waals surface area contributed by atoms with E-state index in [1.54, 1.807) is 6.20 Å². The highest BCUT2D eigenvalue weighted by Gasteiger charge is 2.18. The number of pyridine rings is 3. The Balaban J connectivity index is 0.000000543. The quantitative estimate of drug-likeness (QED) is 0.185. The van der Waals surface area contributed by atoms with Gasteiger partial charge < -0.3 is 20.5 Å². The van der Waals surface area contributed by atoms with Crippen LogP contribution < -0.4 is 10.6 Å². The largest absolute Gasteiger partial charge is 0.400 e. The molecule has 3 N–H and O–H groups in total. The SMILES string of the molecule is C=O.CNC(C)(C)C.CO.Cc1cncc(-c2c(Cl)nc(NCc3ccccn3)c3c(-c4ccccc4)cccc23)c1. The Morgan fingerprint density at radius 1 is 0.905 bits per heavy atom. The highest BCUT2D eigenvalue weighted by molar-refractivity contribution is 6.34. The zero-order valence-corrected chi connectivity index (χ0v) is 25.9. The summed E-state index contributed by atoms with van der Waals surface area (Å²) in [5, 5.41) is 16.1. The standard InChI is InChI=1S/C27H21ClN4.C5H13N.CH4O.CH2O/c1-18-14-20(16-29-15-18)24-23-12-7-11-22(19-8-3-2-4-9-19)25(23)27(32-26(24)28)31-17-21-10-5-6-13-30-21;1-5(2,3)6-4;2*1-2/h2-16H,17H2,1H3,(H,31,32);6H,1-4H3;2H,1H3;1H2. The number of halogens is 1. The van der Waals surface area contributed by atoms with Crippen LogP contribution in [0.2, 0.25) is 5.15 Å². The minimum atomic E-state index is 0.292. The second kappa shape index (κ2) is 16.9. The average Bonchev–Trinajstić information content (AvgIpc) is 3.02. The van der Waals surface area contributed by atoms with Gasteiger partial charge in [0, 0.05) is 47.8 Å². The first-order chi connectivity index (χ1) is 20.3. The second-order valence-electron chi connectivity index (χ2n) is 10.1. The van der Waals surface area contributed by atoms with Crippen LogP contribution in [0, 0.1) is 6.92 Å². The van der Waals surface area contributed by atoms with Gasteiger partial charge in [0.2, 0.25) is 0 Å². The predicted octanol–water partition coefficient (Wildman–Crippen LogP) is 7.36. The normalized spacial score (nSPS) is 10.3. The Kier molecular flexibility index (Phi) is 13.7. The van der Waals surface area contributed by atoms with E-state index >= 15 is 0 Å². The van der Waals surface area contributed by atoms with E-state index in [1.807, 2.05) is 69.6 Å². The summed E-state index contributed by atoms with van der Waals surface area (Å²) >= 11 is 6.78. The molecule has 5 aromatic rings. The molecule has 0 spiro atoms. The fourth-order valence-electron chi connectivity index (χ4n) is 3.97. The van der Waals surface area contributed by atoms with Crippen LogP contribution in [-0.2, 0) is 11.3 Å². The predicted molar refractivity (Wildman–Crippen MR) is 176 cm³/mol. The molecule has 0 aliphatic rings. The minimum Gasteiger partial charge on any atom is -0.400 e. The number of aryl methyl sites for hydroxylation is 1. The Morgan fingerprint density at radius 3 is 2.17 bits per heavy atom. The summed E-state index contributed by atoms with van der Waals surface area (Å²) in [7, 11) is 2.96. The molecule has 3 heterocycles. The van der Waals surface area contributed by atoms with E-state index in [-0.39, 0.29) is 0 Å². The lowest BCUT2D eigenvalue weighted by Crippen LogP contribution is -2.31. The molecule has 0 radical (unpaired) electrons. The first kappa shape index (κ1) is 34.0. The number of anilines is 1. The zero-order valence-electron chi connectivity index (χ0n) is 25.1. The van der Waals surface area contributed by atoms with Gasteiger partial charge in [0.1, 0.15) is 17.8 Å². The number of aliphatic hydroxyl groups excluding tert-OH is 1. The van der Waals surface area contributed by atoms with Crippen molar-refractivity contribution >= 4 is 35.0 Å². The van der Waals surface area contributed by atoms with Crippen LogP contribution in [-0.4, -0.2) is 46.5 Å². The Bertz CT molecular complexity index is 1520. The molecule has 0 saturated carbocycles. The summed E-state index contributed by atoms with van der Waals surface area (Å²) in [6.45, 7) is 11.0. The van der Waals surface area contributed by atoms with Gasteiger partial charge in [0.05, 0.1) is 12.2 Å². The van der Waals surface area contributed by atoms with Crippen LogP contribution in [0.25, 0.3) is 33.0 Å². The number of benzene rings is 2. The van der Waals surface area contributed by atoms with Crippen molar-refractivity contribution in [2.75, 3.05) is 19.5 Å². The molecule has 0 bridgehead atoms. The van der Waals surface area contributed by atoms with E-state index < -0.39 is 0 Å². The molecule has 0 amide bonds. The van der Waals surface area contributed by atoms with E-state index in [9.17, 15) is 0 Å². The van der Waals surface area contributed by atoms with E-state index in [1.165, 1.54) is 0 Å². The van der Waals surface area contributed by atoms with Crippen molar-refractivity contribution in [1.82, 2.24) is 20.3 Å². The first-order valence-electron chi connectivity index (χ1n) is 13.4. The Morgan fingerprint density at radius 2 is 1.57 bits per heavy atom. The summed E-state index contributed by atoms with van der Waals surface area (Å²) in [4.78, 5) is 21.6.